The molecule has 0 radical (unpaired) electrons. The first kappa shape index (κ1) is 11.0. The Hall–Kier alpha value is -0.550. The number of cyclic esters (lactones) is 1. The van der Waals surface area contributed by atoms with E-state index in [2.05, 4.69) is 34.2 Å². The topological polar surface area (TPSA) is 38.3 Å². The molecule has 5 heteroatoms. The number of halogens is 1. The van der Waals surface area contributed by atoms with Crippen LogP contribution in [0.15, 0.2) is 15.9 Å². The van der Waals surface area contributed by atoms with Crippen molar-refractivity contribution in [1.29, 1.82) is 0 Å². The van der Waals surface area contributed by atoms with Crippen molar-refractivity contribution in [2.24, 2.45) is 0 Å². The zero-order valence-corrected chi connectivity index (χ0v) is 10.9. The molecule has 0 spiro atoms. The SMILES string of the molecule is CC(c1ccc(Br)s1)C1(C)COC(=O)N1. The predicted octanol–water partition coefficient (Wildman–Crippen LogP) is 3.11. The van der Waals surface area contributed by atoms with E-state index >= 15 is 0 Å². The average molecular weight is 290 g/mol. The maximum Gasteiger partial charge on any atom is 0.407 e. The van der Waals surface area contributed by atoms with Gasteiger partial charge in [-0.3, -0.25) is 0 Å². The number of hydrogen-bond acceptors (Lipinski definition) is 3. The van der Waals surface area contributed by atoms with Gasteiger partial charge in [-0.1, -0.05) is 6.92 Å². The van der Waals surface area contributed by atoms with E-state index < -0.39 is 0 Å². The molecule has 0 saturated carbocycles. The normalized spacial score (nSPS) is 27.3. The van der Waals surface area contributed by atoms with E-state index in [1.807, 2.05) is 13.0 Å². The Morgan fingerprint density at radius 2 is 2.40 bits per heavy atom. The summed E-state index contributed by atoms with van der Waals surface area (Å²) < 4.78 is 6.07. The van der Waals surface area contributed by atoms with E-state index in [0.717, 1.165) is 3.79 Å². The lowest BCUT2D eigenvalue weighted by Crippen LogP contribution is -2.44. The Bertz CT molecular complexity index is 393. The molecule has 1 aliphatic rings. The van der Waals surface area contributed by atoms with Crippen LogP contribution in [-0.2, 0) is 4.74 Å². The molecular weight excluding hydrogens is 278 g/mol. The van der Waals surface area contributed by atoms with Crippen molar-refractivity contribution in [2.45, 2.75) is 25.3 Å². The van der Waals surface area contributed by atoms with E-state index in [4.69, 9.17) is 4.74 Å². The summed E-state index contributed by atoms with van der Waals surface area (Å²) in [6, 6.07) is 4.10. The first-order valence-electron chi connectivity index (χ1n) is 4.71. The van der Waals surface area contributed by atoms with Crippen molar-refractivity contribution in [3.8, 4) is 0 Å². The molecule has 2 atom stereocenters. The molecule has 1 saturated heterocycles. The molecule has 82 valence electrons. The monoisotopic (exact) mass is 289 g/mol. The maximum atomic E-state index is 11.1. The lowest BCUT2D eigenvalue weighted by Gasteiger charge is -2.27. The van der Waals surface area contributed by atoms with Gasteiger partial charge in [0.05, 0.1) is 9.33 Å². The zero-order chi connectivity index (χ0) is 11.1. The zero-order valence-electron chi connectivity index (χ0n) is 8.54. The van der Waals surface area contributed by atoms with Crippen LogP contribution in [0.4, 0.5) is 4.79 Å². The summed E-state index contributed by atoms with van der Waals surface area (Å²) in [5.41, 5.74) is -0.290. The molecule has 1 aliphatic heterocycles. The average Bonchev–Trinajstić information content (AvgIpc) is 2.73. The van der Waals surface area contributed by atoms with Crippen LogP contribution in [-0.4, -0.2) is 18.2 Å². The number of thiophene rings is 1. The van der Waals surface area contributed by atoms with E-state index in [9.17, 15) is 4.79 Å². The lowest BCUT2D eigenvalue weighted by molar-refractivity contribution is 0.171. The quantitative estimate of drug-likeness (QED) is 0.909. The smallest absolute Gasteiger partial charge is 0.407 e. The number of carbonyl (C=O) groups is 1. The molecule has 1 amide bonds. The molecule has 2 rings (SSSR count). The molecule has 15 heavy (non-hydrogen) atoms. The van der Waals surface area contributed by atoms with E-state index in [1.54, 1.807) is 11.3 Å². The highest BCUT2D eigenvalue weighted by Gasteiger charge is 2.40. The first-order chi connectivity index (χ1) is 7.01. The molecule has 0 bridgehead atoms. The van der Waals surface area contributed by atoms with Crippen molar-refractivity contribution in [3.05, 3.63) is 20.8 Å². The first-order valence-corrected chi connectivity index (χ1v) is 6.32. The van der Waals surface area contributed by atoms with Gasteiger partial charge in [0.25, 0.3) is 0 Å². The summed E-state index contributed by atoms with van der Waals surface area (Å²) in [7, 11) is 0. The molecule has 2 unspecified atom stereocenters. The van der Waals surface area contributed by atoms with Crippen LogP contribution in [0.3, 0.4) is 0 Å². The van der Waals surface area contributed by atoms with Gasteiger partial charge in [0.15, 0.2) is 0 Å². The van der Waals surface area contributed by atoms with Crippen LogP contribution >= 0.6 is 27.3 Å². The van der Waals surface area contributed by atoms with Gasteiger partial charge < -0.3 is 10.1 Å². The van der Waals surface area contributed by atoms with Crippen LogP contribution < -0.4 is 5.32 Å². The highest BCUT2D eigenvalue weighted by Crippen LogP contribution is 2.36. The summed E-state index contributed by atoms with van der Waals surface area (Å²) in [4.78, 5) is 12.3. The minimum Gasteiger partial charge on any atom is -0.447 e. The Labute approximate surface area is 101 Å². The third-order valence-corrected chi connectivity index (χ3v) is 4.67. The number of alkyl carbamates (subject to hydrolysis) is 1. The van der Waals surface area contributed by atoms with Crippen LogP contribution in [0.1, 0.15) is 24.6 Å². The maximum absolute atomic E-state index is 11.1. The van der Waals surface area contributed by atoms with Crippen LogP contribution in [0, 0.1) is 0 Å². The predicted molar refractivity (Wildman–Crippen MR) is 63.3 cm³/mol. The van der Waals surface area contributed by atoms with E-state index in [1.165, 1.54) is 4.88 Å². The highest BCUT2D eigenvalue weighted by atomic mass is 79.9. The second-order valence-corrected chi connectivity index (χ2v) is 6.48. The molecule has 0 aliphatic carbocycles. The number of ether oxygens (including phenoxy) is 1. The summed E-state index contributed by atoms with van der Waals surface area (Å²) in [6.45, 7) is 4.55. The third-order valence-electron chi connectivity index (χ3n) is 2.87. The Morgan fingerprint density at radius 1 is 1.67 bits per heavy atom. The molecule has 1 aromatic heterocycles. The van der Waals surface area contributed by atoms with Gasteiger partial charge in [-0.05, 0) is 35.0 Å². The lowest BCUT2D eigenvalue weighted by atomic mass is 9.87. The number of rotatable bonds is 2. The summed E-state index contributed by atoms with van der Waals surface area (Å²) >= 11 is 5.13. The van der Waals surface area contributed by atoms with Gasteiger partial charge in [-0.25, -0.2) is 4.79 Å². The largest absolute Gasteiger partial charge is 0.447 e. The summed E-state index contributed by atoms with van der Waals surface area (Å²) in [5.74, 6) is 0.250. The van der Waals surface area contributed by atoms with Gasteiger partial charge >= 0.3 is 6.09 Å². The second-order valence-electron chi connectivity index (χ2n) is 3.98. The van der Waals surface area contributed by atoms with Gasteiger partial charge in [0.1, 0.15) is 6.61 Å². The minimum absolute atomic E-state index is 0.250. The van der Waals surface area contributed by atoms with Gasteiger partial charge in [-0.15, -0.1) is 11.3 Å². The fraction of sp³-hybridized carbons (Fsp3) is 0.500. The van der Waals surface area contributed by atoms with E-state index in [-0.39, 0.29) is 17.6 Å². The van der Waals surface area contributed by atoms with Crippen LogP contribution in [0.5, 0.6) is 0 Å². The van der Waals surface area contributed by atoms with Crippen molar-refractivity contribution in [3.63, 3.8) is 0 Å². The Kier molecular flexibility index (Phi) is 2.77. The van der Waals surface area contributed by atoms with Crippen molar-refractivity contribution in [1.82, 2.24) is 5.32 Å². The van der Waals surface area contributed by atoms with Gasteiger partial charge in [0, 0.05) is 10.8 Å². The number of hydrogen-bond donors (Lipinski definition) is 1. The summed E-state index contributed by atoms with van der Waals surface area (Å²) in [5, 5.41) is 2.87. The van der Waals surface area contributed by atoms with Gasteiger partial charge in [-0.2, -0.15) is 0 Å². The number of carbonyl (C=O) groups excluding carboxylic acids is 1. The second kappa shape index (κ2) is 3.79. The molecule has 0 aromatic carbocycles. The molecule has 2 heterocycles. The fourth-order valence-corrected chi connectivity index (χ4v) is 3.26. The molecule has 1 aromatic rings. The van der Waals surface area contributed by atoms with Crippen LogP contribution in [0.25, 0.3) is 0 Å². The van der Waals surface area contributed by atoms with Crippen LogP contribution in [0.2, 0.25) is 0 Å². The molecule has 3 nitrogen and oxygen atoms in total. The number of amides is 1. The summed E-state index contributed by atoms with van der Waals surface area (Å²) in [6.07, 6.45) is -0.319. The Balaban J connectivity index is 2.20. The van der Waals surface area contributed by atoms with E-state index in [0.29, 0.717) is 6.61 Å². The van der Waals surface area contributed by atoms with Gasteiger partial charge in [0.2, 0.25) is 0 Å². The minimum atomic E-state index is -0.319. The van der Waals surface area contributed by atoms with Crippen molar-refractivity contribution < 1.29 is 9.53 Å². The van der Waals surface area contributed by atoms with Crippen molar-refractivity contribution in [2.75, 3.05) is 6.61 Å². The molecular formula is C10H12BrNO2S. The third kappa shape index (κ3) is 2.03. The standard InChI is InChI=1S/C10H12BrNO2S/c1-6(7-3-4-8(11)15-7)10(2)5-14-9(13)12-10/h3-4,6H,5H2,1-2H3,(H,12,13). The molecule has 1 N–H and O–H groups in total. The fourth-order valence-electron chi connectivity index (χ4n) is 1.63. The Morgan fingerprint density at radius 3 is 2.87 bits per heavy atom. The highest BCUT2D eigenvalue weighted by molar-refractivity contribution is 9.11. The number of nitrogens with one attached hydrogen (secondary N) is 1. The van der Waals surface area contributed by atoms with Crippen molar-refractivity contribution >= 4 is 33.4 Å². The molecule has 1 fully saturated rings.